The predicted octanol–water partition coefficient (Wildman–Crippen LogP) is 4.13. The molecule has 0 heterocycles. The lowest BCUT2D eigenvalue weighted by Crippen LogP contribution is -2.00. The molecule has 18 heavy (non-hydrogen) atoms. The lowest BCUT2D eigenvalue weighted by atomic mass is 10.0. The summed E-state index contributed by atoms with van der Waals surface area (Å²) in [4.78, 5) is 0. The van der Waals surface area contributed by atoms with Crippen molar-refractivity contribution in [2.75, 3.05) is 7.11 Å². The Hall–Kier alpha value is -1.22. The van der Waals surface area contributed by atoms with E-state index in [0.717, 1.165) is 22.4 Å². The number of methoxy groups -OCH3 is 1. The number of nitrogens with two attached hydrogens (primary N) is 1. The van der Waals surface area contributed by atoms with Crippen LogP contribution < -0.4 is 10.5 Å². The summed E-state index contributed by atoms with van der Waals surface area (Å²) in [5.41, 5.74) is 8.50. The highest BCUT2D eigenvalue weighted by Gasteiger charge is 2.08. The van der Waals surface area contributed by atoms with Crippen LogP contribution >= 0.6 is 23.2 Å². The molecule has 0 aliphatic carbocycles. The maximum atomic E-state index is 6.18. The highest BCUT2D eigenvalue weighted by molar-refractivity contribution is 6.35. The first kappa shape index (κ1) is 13.2. The summed E-state index contributed by atoms with van der Waals surface area (Å²) in [5.74, 6) is 0.777. The molecule has 0 fully saturated rings. The van der Waals surface area contributed by atoms with Crippen LogP contribution in [-0.2, 0) is 6.54 Å². The summed E-state index contributed by atoms with van der Waals surface area (Å²) in [5, 5.41) is 1.31. The Morgan fingerprint density at radius 3 is 2.56 bits per heavy atom. The van der Waals surface area contributed by atoms with Gasteiger partial charge in [-0.15, -0.1) is 0 Å². The van der Waals surface area contributed by atoms with Crippen LogP contribution in [0.1, 0.15) is 5.56 Å². The number of hydrogen-bond acceptors (Lipinski definition) is 2. The van der Waals surface area contributed by atoms with Crippen LogP contribution in [0.25, 0.3) is 11.1 Å². The maximum absolute atomic E-state index is 6.18. The fourth-order valence-electron chi connectivity index (χ4n) is 1.82. The van der Waals surface area contributed by atoms with Gasteiger partial charge in [-0.1, -0.05) is 29.3 Å². The zero-order valence-corrected chi connectivity index (χ0v) is 11.4. The summed E-state index contributed by atoms with van der Waals surface area (Å²) in [6, 6.07) is 11.2. The summed E-state index contributed by atoms with van der Waals surface area (Å²) in [7, 11) is 1.63. The molecule has 0 aliphatic rings. The summed E-state index contributed by atoms with van der Waals surface area (Å²) in [6.07, 6.45) is 0. The second-order valence-electron chi connectivity index (χ2n) is 3.85. The molecule has 2 nitrogen and oxygen atoms in total. The standard InChI is InChI=1S/C14H13Cl2NO/c1-18-14-5-2-9(6-10(14)8-17)12-7-11(15)3-4-13(12)16/h2-7H,8,17H2,1H3. The topological polar surface area (TPSA) is 35.2 Å². The molecule has 2 aromatic rings. The van der Waals surface area contributed by atoms with Crippen molar-refractivity contribution < 1.29 is 4.74 Å². The van der Waals surface area contributed by atoms with Gasteiger partial charge in [0.2, 0.25) is 0 Å². The van der Waals surface area contributed by atoms with Crippen LogP contribution in [0.4, 0.5) is 0 Å². The van der Waals surface area contributed by atoms with E-state index in [0.29, 0.717) is 16.6 Å². The van der Waals surface area contributed by atoms with Crippen molar-refractivity contribution in [3.05, 3.63) is 52.0 Å². The van der Waals surface area contributed by atoms with Crippen LogP contribution in [0.3, 0.4) is 0 Å². The molecule has 2 aromatic carbocycles. The summed E-state index contributed by atoms with van der Waals surface area (Å²) >= 11 is 12.2. The number of hydrogen-bond donors (Lipinski definition) is 1. The minimum atomic E-state index is 0.412. The van der Waals surface area contributed by atoms with E-state index in [2.05, 4.69) is 0 Å². The quantitative estimate of drug-likeness (QED) is 0.918. The Labute approximate surface area is 116 Å². The van der Waals surface area contributed by atoms with E-state index in [1.54, 1.807) is 19.2 Å². The van der Waals surface area contributed by atoms with Gasteiger partial charge in [-0.25, -0.2) is 0 Å². The predicted molar refractivity (Wildman–Crippen MR) is 76.3 cm³/mol. The van der Waals surface area contributed by atoms with Crippen LogP contribution in [0, 0.1) is 0 Å². The van der Waals surface area contributed by atoms with Crippen LogP contribution in [0.5, 0.6) is 5.75 Å². The van der Waals surface area contributed by atoms with Gasteiger partial charge in [-0.3, -0.25) is 0 Å². The average Bonchev–Trinajstić information content (AvgIpc) is 2.40. The molecule has 0 bridgehead atoms. The van der Waals surface area contributed by atoms with Crippen molar-refractivity contribution in [3.63, 3.8) is 0 Å². The Bertz CT molecular complexity index is 570. The molecule has 0 unspecified atom stereocenters. The lowest BCUT2D eigenvalue weighted by Gasteiger charge is -2.10. The first-order valence-electron chi connectivity index (χ1n) is 5.48. The van der Waals surface area contributed by atoms with Gasteiger partial charge in [0.05, 0.1) is 7.11 Å². The van der Waals surface area contributed by atoms with Gasteiger partial charge in [0, 0.05) is 27.7 Å². The third-order valence-corrected chi connectivity index (χ3v) is 3.30. The van der Waals surface area contributed by atoms with Crippen molar-refractivity contribution in [2.24, 2.45) is 5.73 Å². The number of ether oxygens (including phenoxy) is 1. The highest BCUT2D eigenvalue weighted by Crippen LogP contribution is 2.33. The molecule has 0 spiro atoms. The molecule has 0 aliphatic heterocycles. The fourth-order valence-corrected chi connectivity index (χ4v) is 2.22. The minimum absolute atomic E-state index is 0.412. The van der Waals surface area contributed by atoms with Gasteiger partial charge in [-0.2, -0.15) is 0 Å². The summed E-state index contributed by atoms with van der Waals surface area (Å²) in [6.45, 7) is 0.412. The molecule has 4 heteroatoms. The normalized spacial score (nSPS) is 10.4. The first-order chi connectivity index (χ1) is 8.65. The third-order valence-electron chi connectivity index (χ3n) is 2.74. The van der Waals surface area contributed by atoms with E-state index < -0.39 is 0 Å². The number of halogens is 2. The molecule has 94 valence electrons. The van der Waals surface area contributed by atoms with Crippen LogP contribution in [0.15, 0.2) is 36.4 Å². The molecule has 0 amide bonds. The van der Waals surface area contributed by atoms with E-state index >= 15 is 0 Å². The zero-order valence-electron chi connectivity index (χ0n) is 9.91. The third kappa shape index (κ3) is 2.61. The molecule has 2 rings (SSSR count). The SMILES string of the molecule is COc1ccc(-c2cc(Cl)ccc2Cl)cc1CN. The number of rotatable bonds is 3. The van der Waals surface area contributed by atoms with Crippen molar-refractivity contribution in [2.45, 2.75) is 6.54 Å². The molecule has 2 N–H and O–H groups in total. The van der Waals surface area contributed by atoms with E-state index in [1.807, 2.05) is 24.3 Å². The zero-order chi connectivity index (χ0) is 13.1. The van der Waals surface area contributed by atoms with E-state index in [4.69, 9.17) is 33.7 Å². The first-order valence-corrected chi connectivity index (χ1v) is 6.23. The Morgan fingerprint density at radius 2 is 1.89 bits per heavy atom. The van der Waals surface area contributed by atoms with Crippen LogP contribution in [-0.4, -0.2) is 7.11 Å². The second kappa shape index (κ2) is 5.61. The van der Waals surface area contributed by atoms with Crippen molar-refractivity contribution in [3.8, 4) is 16.9 Å². The smallest absolute Gasteiger partial charge is 0.123 e. The Balaban J connectivity index is 2.54. The van der Waals surface area contributed by atoms with E-state index in [9.17, 15) is 0 Å². The molecule has 0 radical (unpaired) electrons. The highest BCUT2D eigenvalue weighted by atomic mass is 35.5. The molecule has 0 saturated carbocycles. The molecule has 0 aromatic heterocycles. The van der Waals surface area contributed by atoms with Crippen molar-refractivity contribution in [1.82, 2.24) is 0 Å². The van der Waals surface area contributed by atoms with Crippen LogP contribution in [0.2, 0.25) is 10.0 Å². The number of benzene rings is 2. The van der Waals surface area contributed by atoms with Gasteiger partial charge in [0.15, 0.2) is 0 Å². The monoisotopic (exact) mass is 281 g/mol. The van der Waals surface area contributed by atoms with Crippen molar-refractivity contribution >= 4 is 23.2 Å². The van der Waals surface area contributed by atoms with Crippen molar-refractivity contribution in [1.29, 1.82) is 0 Å². The Kier molecular flexibility index (Phi) is 4.12. The largest absolute Gasteiger partial charge is 0.496 e. The fraction of sp³-hybridized carbons (Fsp3) is 0.143. The van der Waals surface area contributed by atoms with Gasteiger partial charge in [-0.05, 0) is 35.9 Å². The second-order valence-corrected chi connectivity index (χ2v) is 4.70. The van der Waals surface area contributed by atoms with Gasteiger partial charge in [0.25, 0.3) is 0 Å². The average molecular weight is 282 g/mol. The van der Waals surface area contributed by atoms with Gasteiger partial charge < -0.3 is 10.5 Å². The molecular formula is C14H13Cl2NO. The molecule has 0 atom stereocenters. The van der Waals surface area contributed by atoms with E-state index in [1.165, 1.54) is 0 Å². The maximum Gasteiger partial charge on any atom is 0.123 e. The minimum Gasteiger partial charge on any atom is -0.496 e. The van der Waals surface area contributed by atoms with Gasteiger partial charge >= 0.3 is 0 Å². The lowest BCUT2D eigenvalue weighted by molar-refractivity contribution is 0.410. The molecule has 0 saturated heterocycles. The molecular weight excluding hydrogens is 269 g/mol. The van der Waals surface area contributed by atoms with E-state index in [-0.39, 0.29) is 0 Å². The Morgan fingerprint density at radius 1 is 1.11 bits per heavy atom. The summed E-state index contributed by atoms with van der Waals surface area (Å²) < 4.78 is 5.24. The van der Waals surface area contributed by atoms with Gasteiger partial charge in [0.1, 0.15) is 5.75 Å².